The predicted molar refractivity (Wildman–Crippen MR) is 35.8 cm³/mol. The predicted octanol–water partition coefficient (Wildman–Crippen LogP) is 2.25. The molecule has 0 heterocycles. The number of benzene rings is 1. The van der Waals surface area contributed by atoms with Crippen molar-refractivity contribution >= 4 is 0 Å². The molecule has 0 unspecified atom stereocenters. The van der Waals surface area contributed by atoms with Crippen LogP contribution in [0.15, 0.2) is 30.3 Å². The van der Waals surface area contributed by atoms with Gasteiger partial charge in [0.2, 0.25) is 0 Å². The Morgan fingerprint density at radius 3 is 2.75 bits per heavy atom. The quantitative estimate of drug-likeness (QED) is 0.519. The normalized spacial score (nSPS) is 16.2. The summed E-state index contributed by atoms with van der Waals surface area (Å²) in [5.41, 5.74) is 0.868. The van der Waals surface area contributed by atoms with Crippen LogP contribution >= 0.6 is 0 Å². The van der Waals surface area contributed by atoms with E-state index in [1.54, 1.807) is 0 Å². The zero-order valence-corrected chi connectivity index (χ0v) is 4.59. The van der Waals surface area contributed by atoms with Crippen LogP contribution in [-0.2, 0) is 6.42 Å². The Labute approximate surface area is 54.4 Å². The summed E-state index contributed by atoms with van der Waals surface area (Å²) in [5.74, 6) is 0. The zero-order chi connectivity index (χ0) is 8.32. The van der Waals surface area contributed by atoms with Gasteiger partial charge >= 0.3 is 0 Å². The van der Waals surface area contributed by atoms with E-state index in [1.165, 1.54) is 0 Å². The van der Waals surface area contributed by atoms with E-state index in [0.29, 0.717) is 0 Å². The monoisotopic (exact) mass is 109 g/mol. The molecule has 0 amide bonds. The first-order valence-electron chi connectivity index (χ1n) is 4.12. The van der Waals surface area contributed by atoms with Crippen LogP contribution in [0.3, 0.4) is 0 Å². The molecule has 0 aliphatic rings. The van der Waals surface area contributed by atoms with E-state index in [0.717, 1.165) is 5.56 Å². The summed E-state index contributed by atoms with van der Waals surface area (Å²) in [7, 11) is 0. The third-order valence-electron chi connectivity index (χ3n) is 1.05. The van der Waals surface area contributed by atoms with E-state index >= 15 is 0 Å². The molecule has 8 heavy (non-hydrogen) atoms. The lowest BCUT2D eigenvalue weighted by Crippen LogP contribution is -1.73. The lowest BCUT2D eigenvalue weighted by atomic mass is 10.2. The molecule has 0 heteroatoms. The van der Waals surface area contributed by atoms with Crippen molar-refractivity contribution in [2.24, 2.45) is 0 Å². The van der Waals surface area contributed by atoms with Crippen LogP contribution in [0.25, 0.3) is 0 Å². The molecule has 0 nitrogen and oxygen atoms in total. The molecule has 1 aromatic rings. The Hall–Kier alpha value is -0.780. The van der Waals surface area contributed by atoms with Crippen LogP contribution < -0.4 is 0 Å². The third kappa shape index (κ3) is 1.09. The van der Waals surface area contributed by atoms with Crippen LogP contribution in [0, 0.1) is 0 Å². The summed E-state index contributed by atoms with van der Waals surface area (Å²) in [4.78, 5) is 0. The molecule has 0 bridgehead atoms. The molecule has 1 aromatic carbocycles. The molecular formula is C8H10. The maximum atomic E-state index is 7.00. The number of hydrogen-bond acceptors (Lipinski definition) is 0. The highest BCUT2D eigenvalue weighted by Crippen LogP contribution is 1.96. The Bertz CT molecular complexity index is 213. The van der Waals surface area contributed by atoms with Crippen molar-refractivity contribution in [1.82, 2.24) is 0 Å². The Morgan fingerprint density at radius 2 is 2.12 bits per heavy atom. The summed E-state index contributed by atoms with van der Waals surface area (Å²) >= 11 is 0. The molecule has 0 spiro atoms. The fourth-order valence-corrected chi connectivity index (χ4v) is 0.596. The fraction of sp³-hybridized carbons (Fsp3) is 0.250. The maximum Gasteiger partial charge on any atom is 0.0234 e. The van der Waals surface area contributed by atoms with E-state index < -0.39 is 6.85 Å². The average Bonchev–Trinajstić information content (AvgIpc) is 1.85. The molecule has 0 saturated carbocycles. The second-order valence-electron chi connectivity index (χ2n) is 1.66. The summed E-state index contributed by atoms with van der Waals surface area (Å²) in [6.45, 7) is -1.85. The molecule has 42 valence electrons. The molecular weight excluding hydrogens is 96.1 g/mol. The highest BCUT2D eigenvalue weighted by atomic mass is 13.9. The lowest BCUT2D eigenvalue weighted by Gasteiger charge is -1.89. The van der Waals surface area contributed by atoms with Crippen LogP contribution in [-0.4, -0.2) is 0 Å². The number of aryl methyl sites for hydroxylation is 1. The van der Waals surface area contributed by atoms with E-state index in [2.05, 4.69) is 0 Å². The van der Waals surface area contributed by atoms with Gasteiger partial charge in [-0.15, -0.1) is 0 Å². The molecule has 0 N–H and O–H groups in total. The summed E-state index contributed by atoms with van der Waals surface area (Å²) in [6, 6.07) is 9.23. The van der Waals surface area contributed by atoms with Gasteiger partial charge in [-0.25, -0.2) is 0 Å². The van der Waals surface area contributed by atoms with Gasteiger partial charge in [0.15, 0.2) is 0 Å². The second kappa shape index (κ2) is 2.51. The fourth-order valence-electron chi connectivity index (χ4n) is 0.596. The van der Waals surface area contributed by atoms with Crippen molar-refractivity contribution < 1.29 is 4.11 Å². The SMILES string of the molecule is [2H]C([2H])([2H])Cc1ccccc1. The van der Waals surface area contributed by atoms with Gasteiger partial charge in [-0.05, 0) is 12.0 Å². The number of hydrogen-bond donors (Lipinski definition) is 0. The van der Waals surface area contributed by atoms with Crippen molar-refractivity contribution in [3.05, 3.63) is 35.9 Å². The average molecular weight is 109 g/mol. The number of rotatable bonds is 1. The van der Waals surface area contributed by atoms with E-state index in [-0.39, 0.29) is 6.42 Å². The van der Waals surface area contributed by atoms with Gasteiger partial charge in [0.05, 0.1) is 0 Å². The third-order valence-corrected chi connectivity index (χ3v) is 1.05. The smallest absolute Gasteiger partial charge is 0.0234 e. The molecule has 0 saturated heterocycles. The minimum atomic E-state index is -1.85. The van der Waals surface area contributed by atoms with Gasteiger partial charge in [0.1, 0.15) is 0 Å². The van der Waals surface area contributed by atoms with Crippen LogP contribution in [0.4, 0.5) is 0 Å². The molecule has 0 fully saturated rings. The first-order valence-corrected chi connectivity index (χ1v) is 2.62. The van der Waals surface area contributed by atoms with E-state index in [9.17, 15) is 0 Å². The van der Waals surface area contributed by atoms with Gasteiger partial charge in [-0.3, -0.25) is 0 Å². The summed E-state index contributed by atoms with van der Waals surface area (Å²) < 4.78 is 21.0. The molecule has 0 aromatic heterocycles. The summed E-state index contributed by atoms with van der Waals surface area (Å²) in [6.07, 6.45) is 0.161. The van der Waals surface area contributed by atoms with Crippen molar-refractivity contribution in [1.29, 1.82) is 0 Å². The van der Waals surface area contributed by atoms with Gasteiger partial charge in [0.25, 0.3) is 0 Å². The maximum absolute atomic E-state index is 7.00. The first kappa shape index (κ1) is 2.67. The van der Waals surface area contributed by atoms with Gasteiger partial charge < -0.3 is 0 Å². The standard InChI is InChI=1S/C8H10/c1-2-8-6-4-3-5-7-8/h3-7H,2H2,1H3/i1D3. The van der Waals surface area contributed by atoms with E-state index in [1.807, 2.05) is 30.3 Å². The highest BCUT2D eigenvalue weighted by molar-refractivity contribution is 5.13. The minimum absolute atomic E-state index is 0.161. The minimum Gasteiger partial charge on any atom is -0.0622 e. The van der Waals surface area contributed by atoms with Crippen molar-refractivity contribution in [2.45, 2.75) is 13.3 Å². The molecule has 0 radical (unpaired) electrons. The molecule has 0 aliphatic carbocycles. The molecule has 0 atom stereocenters. The van der Waals surface area contributed by atoms with E-state index in [4.69, 9.17) is 4.11 Å². The van der Waals surface area contributed by atoms with Crippen LogP contribution in [0.1, 0.15) is 16.5 Å². The van der Waals surface area contributed by atoms with Gasteiger partial charge in [-0.1, -0.05) is 37.2 Å². The molecule has 1 rings (SSSR count). The van der Waals surface area contributed by atoms with Crippen molar-refractivity contribution in [2.75, 3.05) is 0 Å². The lowest BCUT2D eigenvalue weighted by molar-refractivity contribution is 1.14. The molecule has 0 aliphatic heterocycles. The van der Waals surface area contributed by atoms with Crippen LogP contribution in [0.5, 0.6) is 0 Å². The van der Waals surface area contributed by atoms with Crippen molar-refractivity contribution in [3.63, 3.8) is 0 Å². The topological polar surface area (TPSA) is 0 Å². The zero-order valence-electron chi connectivity index (χ0n) is 7.59. The van der Waals surface area contributed by atoms with Gasteiger partial charge in [-0.2, -0.15) is 0 Å². The second-order valence-corrected chi connectivity index (χ2v) is 1.66. The van der Waals surface area contributed by atoms with Gasteiger partial charge in [0, 0.05) is 4.11 Å². The summed E-state index contributed by atoms with van der Waals surface area (Å²) in [5, 5.41) is 0. The highest BCUT2D eigenvalue weighted by Gasteiger charge is 1.79. The first-order chi connectivity index (χ1) is 5.08. The van der Waals surface area contributed by atoms with Crippen LogP contribution in [0.2, 0.25) is 0 Å². The largest absolute Gasteiger partial charge is 0.0622 e. The Morgan fingerprint density at radius 1 is 1.38 bits per heavy atom. The Kier molecular flexibility index (Phi) is 0.839. The van der Waals surface area contributed by atoms with Crippen molar-refractivity contribution in [3.8, 4) is 0 Å². The Balaban J connectivity index is 2.66.